The minimum atomic E-state index is -4.10. The van der Waals surface area contributed by atoms with Gasteiger partial charge in [-0.15, -0.1) is 12.4 Å². The summed E-state index contributed by atoms with van der Waals surface area (Å²) in [6.45, 7) is 1.35. The molecule has 0 bridgehead atoms. The summed E-state index contributed by atoms with van der Waals surface area (Å²) in [5.41, 5.74) is 6.56. The second-order valence-electron chi connectivity index (χ2n) is 7.04. The van der Waals surface area contributed by atoms with Crippen LogP contribution in [0.2, 0.25) is 0 Å². The lowest BCUT2D eigenvalue weighted by Crippen LogP contribution is -2.50. The number of rotatable bonds is 9. The van der Waals surface area contributed by atoms with Crippen LogP contribution in [0.4, 0.5) is 0 Å². The van der Waals surface area contributed by atoms with E-state index < -0.39 is 34.0 Å². The van der Waals surface area contributed by atoms with E-state index in [9.17, 15) is 18.0 Å². The molecule has 8 nitrogen and oxygen atoms in total. The molecule has 3 aromatic rings. The van der Waals surface area contributed by atoms with E-state index in [4.69, 9.17) is 10.5 Å². The van der Waals surface area contributed by atoms with Crippen molar-refractivity contribution in [1.82, 2.24) is 10.0 Å². The molecule has 4 N–H and O–H groups in total. The number of carbonyl (C=O) groups excluding carboxylic acids is 2. The summed E-state index contributed by atoms with van der Waals surface area (Å²) in [6, 6.07) is 18.3. The van der Waals surface area contributed by atoms with Crippen LogP contribution in [-0.4, -0.2) is 39.5 Å². The third-order valence-corrected chi connectivity index (χ3v) is 6.36. The van der Waals surface area contributed by atoms with Gasteiger partial charge in [-0.25, -0.2) is 8.42 Å². The van der Waals surface area contributed by atoms with Gasteiger partial charge in [-0.1, -0.05) is 66.7 Å². The van der Waals surface area contributed by atoms with Crippen LogP contribution in [0.3, 0.4) is 0 Å². The van der Waals surface area contributed by atoms with Gasteiger partial charge in [-0.05, 0) is 23.9 Å². The third-order valence-electron chi connectivity index (χ3n) is 4.83. The number of halogens is 1. The highest BCUT2D eigenvalue weighted by Gasteiger charge is 2.29. The number of ether oxygens (including phenoxy) is 1. The van der Waals surface area contributed by atoms with Crippen molar-refractivity contribution in [3.8, 4) is 0 Å². The maximum absolute atomic E-state index is 13.1. The summed E-state index contributed by atoms with van der Waals surface area (Å²) < 4.78 is 33.6. The fourth-order valence-electron chi connectivity index (χ4n) is 3.22. The van der Waals surface area contributed by atoms with Crippen molar-refractivity contribution in [1.29, 1.82) is 0 Å². The van der Waals surface area contributed by atoms with Gasteiger partial charge in [-0.2, -0.15) is 4.72 Å². The zero-order valence-electron chi connectivity index (χ0n) is 17.9. The summed E-state index contributed by atoms with van der Waals surface area (Å²) in [5.74, 6) is -1.35. The van der Waals surface area contributed by atoms with Crippen molar-refractivity contribution in [2.75, 3.05) is 13.2 Å². The zero-order chi connectivity index (χ0) is 23.1. The second-order valence-corrected chi connectivity index (χ2v) is 8.72. The lowest BCUT2D eigenvalue weighted by atomic mass is 10.1. The molecule has 0 aliphatic rings. The van der Waals surface area contributed by atoms with E-state index in [1.165, 1.54) is 6.07 Å². The van der Waals surface area contributed by atoms with Crippen LogP contribution in [0, 0.1) is 0 Å². The van der Waals surface area contributed by atoms with E-state index in [2.05, 4.69) is 10.0 Å². The molecule has 33 heavy (non-hydrogen) atoms. The normalized spacial score (nSPS) is 12.9. The molecule has 10 heteroatoms. The number of nitrogens with one attached hydrogen (secondary N) is 2. The number of benzene rings is 3. The molecule has 0 heterocycles. The van der Waals surface area contributed by atoms with Gasteiger partial charge in [-0.3, -0.25) is 9.59 Å². The van der Waals surface area contributed by atoms with Gasteiger partial charge in [0.2, 0.25) is 15.9 Å². The lowest BCUT2D eigenvalue weighted by Gasteiger charge is -2.20. The molecule has 3 rings (SSSR count). The molecular weight excluding hydrogens is 466 g/mol. The van der Waals surface area contributed by atoms with Gasteiger partial charge in [0.05, 0.1) is 11.5 Å². The van der Waals surface area contributed by atoms with E-state index in [-0.39, 0.29) is 30.5 Å². The molecule has 0 saturated heterocycles. The topological polar surface area (TPSA) is 128 Å². The standard InChI is InChI=1S/C23H25N3O5S.ClH/c1-2-31-23(28)19(15-25-22(27)21(24)17-10-4-3-5-11-17)26-32(29,30)20-14-8-12-16-9-6-7-13-18(16)20;/h3-14,19,21,26H,2,15,24H2,1H3,(H,25,27);1H. The van der Waals surface area contributed by atoms with Crippen molar-refractivity contribution < 1.29 is 22.7 Å². The van der Waals surface area contributed by atoms with Crippen LogP contribution in [0.5, 0.6) is 0 Å². The Labute approximate surface area is 199 Å². The molecule has 2 unspecified atom stereocenters. The van der Waals surface area contributed by atoms with Crippen LogP contribution >= 0.6 is 12.4 Å². The van der Waals surface area contributed by atoms with E-state index in [1.807, 2.05) is 0 Å². The van der Waals surface area contributed by atoms with E-state index in [0.29, 0.717) is 10.9 Å². The van der Waals surface area contributed by atoms with Gasteiger partial charge in [0, 0.05) is 11.9 Å². The first kappa shape index (κ1) is 26.3. The number of nitrogens with two attached hydrogens (primary N) is 1. The summed E-state index contributed by atoms with van der Waals surface area (Å²) in [4.78, 5) is 24.9. The Balaban J connectivity index is 0.00000385. The van der Waals surface area contributed by atoms with E-state index in [1.54, 1.807) is 73.7 Å². The Kier molecular flexibility index (Phi) is 9.36. The highest BCUT2D eigenvalue weighted by Crippen LogP contribution is 2.23. The highest BCUT2D eigenvalue weighted by molar-refractivity contribution is 7.89. The van der Waals surface area contributed by atoms with Gasteiger partial charge >= 0.3 is 5.97 Å². The largest absolute Gasteiger partial charge is 0.465 e. The number of hydrogen-bond acceptors (Lipinski definition) is 6. The number of sulfonamides is 1. The Hall–Kier alpha value is -2.98. The van der Waals surface area contributed by atoms with Crippen molar-refractivity contribution in [2.45, 2.75) is 23.9 Å². The van der Waals surface area contributed by atoms with Crippen LogP contribution in [0.1, 0.15) is 18.5 Å². The third kappa shape index (κ3) is 6.52. The Morgan fingerprint density at radius 1 is 0.970 bits per heavy atom. The van der Waals surface area contributed by atoms with Gasteiger partial charge < -0.3 is 15.8 Å². The minimum absolute atomic E-state index is 0. The van der Waals surface area contributed by atoms with Crippen molar-refractivity contribution in [3.63, 3.8) is 0 Å². The number of esters is 1. The molecule has 0 aliphatic heterocycles. The predicted octanol–water partition coefficient (Wildman–Crippen LogP) is 2.29. The Bertz CT molecular complexity index is 1200. The molecule has 0 aromatic heterocycles. The summed E-state index contributed by atoms with van der Waals surface area (Å²) in [5, 5.41) is 3.79. The van der Waals surface area contributed by atoms with E-state index >= 15 is 0 Å². The van der Waals surface area contributed by atoms with Crippen molar-refractivity contribution in [3.05, 3.63) is 78.4 Å². The molecule has 176 valence electrons. The molecule has 0 spiro atoms. The smallest absolute Gasteiger partial charge is 0.326 e. The van der Waals surface area contributed by atoms with E-state index in [0.717, 1.165) is 5.39 Å². The summed E-state index contributed by atoms with van der Waals surface area (Å²) in [7, 11) is -4.10. The average Bonchev–Trinajstić information content (AvgIpc) is 2.81. The zero-order valence-corrected chi connectivity index (χ0v) is 19.6. The predicted molar refractivity (Wildman–Crippen MR) is 128 cm³/mol. The minimum Gasteiger partial charge on any atom is -0.465 e. The molecule has 0 fully saturated rings. The average molecular weight is 492 g/mol. The van der Waals surface area contributed by atoms with Crippen LogP contribution in [0.15, 0.2) is 77.7 Å². The molecule has 0 saturated carbocycles. The first-order chi connectivity index (χ1) is 15.3. The molecule has 0 aliphatic carbocycles. The quantitative estimate of drug-likeness (QED) is 0.394. The Morgan fingerprint density at radius 3 is 2.30 bits per heavy atom. The van der Waals surface area contributed by atoms with Crippen LogP contribution < -0.4 is 15.8 Å². The van der Waals surface area contributed by atoms with Crippen molar-refractivity contribution in [2.24, 2.45) is 5.73 Å². The van der Waals surface area contributed by atoms with Gasteiger partial charge in [0.25, 0.3) is 0 Å². The van der Waals surface area contributed by atoms with Crippen molar-refractivity contribution >= 4 is 45.1 Å². The number of amides is 1. The summed E-state index contributed by atoms with van der Waals surface area (Å²) in [6.07, 6.45) is 0. The second kappa shape index (κ2) is 11.8. The van der Waals surface area contributed by atoms with Crippen LogP contribution in [-0.2, 0) is 24.3 Å². The fraction of sp³-hybridized carbons (Fsp3) is 0.217. The highest BCUT2D eigenvalue weighted by atomic mass is 35.5. The molecule has 0 radical (unpaired) electrons. The number of fused-ring (bicyclic) bond motifs is 1. The maximum Gasteiger partial charge on any atom is 0.326 e. The first-order valence-corrected chi connectivity index (χ1v) is 11.6. The number of hydrogen-bond donors (Lipinski definition) is 3. The Morgan fingerprint density at radius 2 is 1.61 bits per heavy atom. The number of carbonyl (C=O) groups is 2. The monoisotopic (exact) mass is 491 g/mol. The molecule has 1 amide bonds. The first-order valence-electron chi connectivity index (χ1n) is 10.1. The van der Waals surface area contributed by atoms with Gasteiger partial charge in [0.1, 0.15) is 12.1 Å². The molecular formula is C23H26ClN3O5S. The van der Waals surface area contributed by atoms with Crippen LogP contribution in [0.25, 0.3) is 10.8 Å². The maximum atomic E-state index is 13.1. The van der Waals surface area contributed by atoms with Gasteiger partial charge in [0.15, 0.2) is 0 Å². The molecule has 2 atom stereocenters. The SMILES string of the molecule is CCOC(=O)C(CNC(=O)C(N)c1ccccc1)NS(=O)(=O)c1cccc2ccccc12.Cl. The summed E-state index contributed by atoms with van der Waals surface area (Å²) >= 11 is 0. The lowest BCUT2D eigenvalue weighted by molar-refractivity contribution is -0.145. The fourth-order valence-corrected chi connectivity index (χ4v) is 4.64. The molecule has 3 aromatic carbocycles.